The summed E-state index contributed by atoms with van der Waals surface area (Å²) in [4.78, 5) is 36.6. The molecule has 1 heterocycles. The molecule has 2 rings (SSSR count). The molecule has 0 aliphatic carbocycles. The number of hydrogen-bond acceptors (Lipinski definition) is 3. The van der Waals surface area contributed by atoms with Crippen LogP contribution >= 0.6 is 0 Å². The van der Waals surface area contributed by atoms with Crippen molar-refractivity contribution < 1.29 is 27.2 Å². The molecule has 2 aromatic rings. The lowest BCUT2D eigenvalue weighted by Crippen LogP contribution is -2.38. The number of amides is 2. The van der Waals surface area contributed by atoms with Gasteiger partial charge in [-0.15, -0.1) is 0 Å². The third-order valence-corrected chi connectivity index (χ3v) is 3.55. The highest BCUT2D eigenvalue weighted by Gasteiger charge is 2.31. The van der Waals surface area contributed by atoms with E-state index in [0.29, 0.717) is 22.5 Å². The van der Waals surface area contributed by atoms with E-state index in [1.807, 2.05) is 0 Å². The molecule has 0 unspecified atom stereocenters. The molecule has 0 atom stereocenters. The summed E-state index contributed by atoms with van der Waals surface area (Å²) in [5.74, 6) is -1.80. The van der Waals surface area contributed by atoms with Gasteiger partial charge in [-0.2, -0.15) is 13.2 Å². The molecule has 2 amide bonds. The Labute approximate surface area is 151 Å². The maximum atomic E-state index is 12.8. The molecule has 6 nitrogen and oxygen atoms in total. The molecule has 0 saturated heterocycles. The third-order valence-electron chi connectivity index (χ3n) is 3.55. The SMILES string of the molecule is CN(CC(=O)Nc1ccc(F)cc1)C(=O)Cn1cc(C(F)(F)F)ccc1=O. The fourth-order valence-electron chi connectivity index (χ4n) is 2.13. The Balaban J connectivity index is 2.00. The van der Waals surface area contributed by atoms with Crippen molar-refractivity contribution in [2.45, 2.75) is 12.7 Å². The summed E-state index contributed by atoms with van der Waals surface area (Å²) in [7, 11) is 1.27. The molecule has 10 heteroatoms. The van der Waals surface area contributed by atoms with Crippen LogP contribution in [0.3, 0.4) is 0 Å². The van der Waals surface area contributed by atoms with Gasteiger partial charge in [0.15, 0.2) is 0 Å². The number of halogens is 4. The van der Waals surface area contributed by atoms with Gasteiger partial charge in [-0.25, -0.2) is 4.39 Å². The monoisotopic (exact) mass is 385 g/mol. The predicted octanol–water partition coefficient (Wildman–Crippen LogP) is 2.10. The van der Waals surface area contributed by atoms with Crippen molar-refractivity contribution in [1.29, 1.82) is 0 Å². The number of nitrogens with one attached hydrogen (secondary N) is 1. The summed E-state index contributed by atoms with van der Waals surface area (Å²) in [6.07, 6.45) is -4.11. The van der Waals surface area contributed by atoms with Gasteiger partial charge in [-0.05, 0) is 30.3 Å². The number of pyridine rings is 1. The van der Waals surface area contributed by atoms with Gasteiger partial charge >= 0.3 is 6.18 Å². The first-order valence-electron chi connectivity index (χ1n) is 7.63. The number of rotatable bonds is 5. The van der Waals surface area contributed by atoms with E-state index in [2.05, 4.69) is 5.32 Å². The number of carbonyl (C=O) groups excluding carboxylic acids is 2. The summed E-state index contributed by atoms with van der Waals surface area (Å²) < 4.78 is 51.6. The molecule has 1 N–H and O–H groups in total. The van der Waals surface area contributed by atoms with E-state index in [9.17, 15) is 31.9 Å². The van der Waals surface area contributed by atoms with Gasteiger partial charge in [-0.3, -0.25) is 14.4 Å². The number of nitrogens with zero attached hydrogens (tertiary/aromatic N) is 2. The average molecular weight is 385 g/mol. The second kappa shape index (κ2) is 8.02. The Bertz CT molecular complexity index is 892. The van der Waals surface area contributed by atoms with E-state index in [0.717, 1.165) is 23.1 Å². The van der Waals surface area contributed by atoms with Crippen LogP contribution in [-0.2, 0) is 22.3 Å². The molecule has 0 bridgehead atoms. The lowest BCUT2D eigenvalue weighted by atomic mass is 10.2. The van der Waals surface area contributed by atoms with Crippen molar-refractivity contribution in [3.63, 3.8) is 0 Å². The van der Waals surface area contributed by atoms with E-state index < -0.39 is 48.0 Å². The Hall–Kier alpha value is -3.17. The van der Waals surface area contributed by atoms with Gasteiger partial charge in [0.25, 0.3) is 5.56 Å². The average Bonchev–Trinajstić information content (AvgIpc) is 2.57. The molecule has 0 aliphatic heterocycles. The first-order valence-corrected chi connectivity index (χ1v) is 7.63. The van der Waals surface area contributed by atoms with E-state index in [1.54, 1.807) is 0 Å². The number of likely N-dealkylation sites (N-methyl/N-ethyl adjacent to an activating group) is 1. The Morgan fingerprint density at radius 2 is 1.74 bits per heavy atom. The molecule has 27 heavy (non-hydrogen) atoms. The number of aromatic nitrogens is 1. The first-order chi connectivity index (χ1) is 12.6. The summed E-state index contributed by atoms with van der Waals surface area (Å²) in [6, 6.07) is 6.30. The van der Waals surface area contributed by atoms with Crippen molar-refractivity contribution in [1.82, 2.24) is 9.47 Å². The van der Waals surface area contributed by atoms with Crippen molar-refractivity contribution in [2.75, 3.05) is 18.9 Å². The zero-order chi connectivity index (χ0) is 20.2. The highest BCUT2D eigenvalue weighted by atomic mass is 19.4. The summed E-state index contributed by atoms with van der Waals surface area (Å²) in [5, 5.41) is 2.44. The zero-order valence-corrected chi connectivity index (χ0v) is 14.1. The van der Waals surface area contributed by atoms with Crippen LogP contribution in [0.25, 0.3) is 0 Å². The second-order valence-corrected chi connectivity index (χ2v) is 5.69. The molecule has 0 aliphatic rings. The number of benzene rings is 1. The van der Waals surface area contributed by atoms with E-state index in [4.69, 9.17) is 0 Å². The minimum atomic E-state index is -4.65. The number of anilines is 1. The Kier molecular flexibility index (Phi) is 5.98. The van der Waals surface area contributed by atoms with Crippen molar-refractivity contribution in [2.24, 2.45) is 0 Å². The van der Waals surface area contributed by atoms with Crippen molar-refractivity contribution >= 4 is 17.5 Å². The fourth-order valence-corrected chi connectivity index (χ4v) is 2.13. The number of hydrogen-bond donors (Lipinski definition) is 1. The van der Waals surface area contributed by atoms with Crippen LogP contribution < -0.4 is 10.9 Å². The van der Waals surface area contributed by atoms with Crippen LogP contribution in [0.15, 0.2) is 47.4 Å². The van der Waals surface area contributed by atoms with Crippen LogP contribution in [0.4, 0.5) is 23.2 Å². The Morgan fingerprint density at radius 3 is 2.33 bits per heavy atom. The molecule has 144 valence electrons. The van der Waals surface area contributed by atoms with E-state index in [1.165, 1.54) is 19.2 Å². The highest BCUT2D eigenvalue weighted by Crippen LogP contribution is 2.27. The van der Waals surface area contributed by atoms with Crippen LogP contribution in [0.2, 0.25) is 0 Å². The van der Waals surface area contributed by atoms with Gasteiger partial charge in [0.1, 0.15) is 12.4 Å². The number of carbonyl (C=O) groups is 2. The van der Waals surface area contributed by atoms with Crippen LogP contribution in [0, 0.1) is 5.82 Å². The molecule has 1 aromatic carbocycles. The quantitative estimate of drug-likeness (QED) is 0.802. The summed E-state index contributed by atoms with van der Waals surface area (Å²) >= 11 is 0. The van der Waals surface area contributed by atoms with Crippen molar-refractivity contribution in [3.8, 4) is 0 Å². The van der Waals surface area contributed by atoms with Gasteiger partial charge in [0.05, 0.1) is 12.1 Å². The Morgan fingerprint density at radius 1 is 1.11 bits per heavy atom. The summed E-state index contributed by atoms with van der Waals surface area (Å²) in [6.45, 7) is -1.05. The van der Waals surface area contributed by atoms with Crippen molar-refractivity contribution in [3.05, 3.63) is 64.3 Å². The fraction of sp³-hybridized carbons (Fsp3) is 0.235. The van der Waals surface area contributed by atoms with E-state index >= 15 is 0 Å². The minimum Gasteiger partial charge on any atom is -0.335 e. The maximum Gasteiger partial charge on any atom is 0.417 e. The molecule has 0 fully saturated rings. The molecule has 0 spiro atoms. The lowest BCUT2D eigenvalue weighted by molar-refractivity contribution is -0.138. The topological polar surface area (TPSA) is 71.4 Å². The van der Waals surface area contributed by atoms with E-state index in [-0.39, 0.29) is 0 Å². The lowest BCUT2D eigenvalue weighted by Gasteiger charge is -2.18. The predicted molar refractivity (Wildman–Crippen MR) is 88.4 cm³/mol. The normalized spacial score (nSPS) is 11.1. The van der Waals surface area contributed by atoms with Crippen LogP contribution in [0.1, 0.15) is 5.56 Å². The molecule has 0 radical (unpaired) electrons. The second-order valence-electron chi connectivity index (χ2n) is 5.69. The van der Waals surface area contributed by atoms with Gasteiger partial charge in [0, 0.05) is 25.0 Å². The molecule has 0 saturated carbocycles. The summed E-state index contributed by atoms with van der Waals surface area (Å²) in [5.41, 5.74) is -1.52. The number of alkyl halides is 3. The smallest absolute Gasteiger partial charge is 0.335 e. The standard InChI is InChI=1S/C17H15F4N3O3/c1-23(9-14(25)22-13-5-3-12(18)4-6-13)16(27)10-24-8-11(17(19,20)21)2-7-15(24)26/h2-8H,9-10H2,1H3,(H,22,25). The molecular formula is C17H15F4N3O3. The molecular weight excluding hydrogens is 370 g/mol. The van der Waals surface area contributed by atoms with Crippen LogP contribution in [0.5, 0.6) is 0 Å². The largest absolute Gasteiger partial charge is 0.417 e. The van der Waals surface area contributed by atoms with Crippen LogP contribution in [-0.4, -0.2) is 34.9 Å². The van der Waals surface area contributed by atoms with Gasteiger partial charge < -0.3 is 14.8 Å². The third kappa shape index (κ3) is 5.66. The maximum absolute atomic E-state index is 12.8. The highest BCUT2D eigenvalue weighted by molar-refractivity contribution is 5.94. The molecule has 1 aromatic heterocycles. The van der Waals surface area contributed by atoms with Gasteiger partial charge in [-0.1, -0.05) is 0 Å². The first kappa shape index (κ1) is 20.1. The minimum absolute atomic E-state index is 0.316. The zero-order valence-electron chi connectivity index (χ0n) is 14.1. The van der Waals surface area contributed by atoms with Gasteiger partial charge in [0.2, 0.25) is 11.8 Å².